The highest BCUT2D eigenvalue weighted by molar-refractivity contribution is 9.10. The molecule has 0 spiro atoms. The fraction of sp³-hybridized carbons (Fsp3) is 0.179. The van der Waals surface area contributed by atoms with Gasteiger partial charge in [-0.2, -0.15) is 0 Å². The van der Waals surface area contributed by atoms with E-state index in [1.807, 2.05) is 60.7 Å². The minimum Gasteiger partial charge on any atom is -0.350 e. The molecular formula is C28H27BrN8S2. The van der Waals surface area contributed by atoms with Crippen LogP contribution in [0.1, 0.15) is 36.1 Å². The molecule has 0 atom stereocenters. The Kier molecular flexibility index (Phi) is 9.02. The van der Waals surface area contributed by atoms with Gasteiger partial charge >= 0.3 is 0 Å². The second kappa shape index (κ2) is 13.0. The van der Waals surface area contributed by atoms with E-state index in [0.717, 1.165) is 33.3 Å². The van der Waals surface area contributed by atoms with E-state index >= 15 is 0 Å². The third-order valence-electron chi connectivity index (χ3n) is 5.86. The van der Waals surface area contributed by atoms with Crippen molar-refractivity contribution in [3.05, 3.63) is 106 Å². The predicted octanol–water partition coefficient (Wildman–Crippen LogP) is 6.11. The summed E-state index contributed by atoms with van der Waals surface area (Å²) in [7, 11) is 0. The molecule has 0 radical (unpaired) electrons. The number of nitrogens with zero attached hydrogens (tertiary/aromatic N) is 5. The molecule has 0 aliphatic heterocycles. The smallest absolute Gasteiger partial charge is 0.191 e. The lowest BCUT2D eigenvalue weighted by Gasteiger charge is -2.22. The zero-order chi connectivity index (χ0) is 27.0. The molecule has 2 aromatic heterocycles. The SMILES string of the molecule is CCCSc1nc(NNC(=S)NC(c2ccccc2)c2ccccc2)c2nnn(Cc3ccc(Br)cc3)c2n1. The zero-order valence-corrected chi connectivity index (χ0v) is 24.4. The van der Waals surface area contributed by atoms with Crippen LogP contribution in [-0.2, 0) is 6.54 Å². The number of fused-ring (bicyclic) bond motifs is 1. The lowest BCUT2D eigenvalue weighted by Crippen LogP contribution is -2.41. The zero-order valence-electron chi connectivity index (χ0n) is 21.2. The molecular weight excluding hydrogens is 592 g/mol. The highest BCUT2D eigenvalue weighted by Crippen LogP contribution is 2.24. The van der Waals surface area contributed by atoms with Crippen LogP contribution in [-0.4, -0.2) is 35.8 Å². The van der Waals surface area contributed by atoms with Crippen LogP contribution in [0.15, 0.2) is 94.6 Å². The lowest BCUT2D eigenvalue weighted by molar-refractivity contribution is 0.661. The number of halogens is 1. The van der Waals surface area contributed by atoms with Crippen LogP contribution in [0.2, 0.25) is 0 Å². The lowest BCUT2D eigenvalue weighted by atomic mass is 9.99. The molecule has 8 nitrogen and oxygen atoms in total. The van der Waals surface area contributed by atoms with Gasteiger partial charge in [-0.1, -0.05) is 113 Å². The van der Waals surface area contributed by atoms with Gasteiger partial charge in [0.2, 0.25) is 0 Å². The first kappa shape index (κ1) is 27.0. The molecule has 2 heterocycles. The Balaban J connectivity index is 1.37. The van der Waals surface area contributed by atoms with Gasteiger partial charge in [0.25, 0.3) is 0 Å². The summed E-state index contributed by atoms with van der Waals surface area (Å²) in [6.45, 7) is 2.67. The first-order chi connectivity index (χ1) is 19.1. The van der Waals surface area contributed by atoms with Gasteiger partial charge in [0.1, 0.15) is 0 Å². The fourth-order valence-corrected chi connectivity index (χ4v) is 5.11. The average Bonchev–Trinajstić information content (AvgIpc) is 3.38. The molecule has 3 aromatic carbocycles. The number of benzene rings is 3. The van der Waals surface area contributed by atoms with E-state index in [1.54, 1.807) is 16.4 Å². The summed E-state index contributed by atoms with van der Waals surface area (Å²) in [6, 6.07) is 28.4. The molecule has 198 valence electrons. The fourth-order valence-electron chi connectivity index (χ4n) is 3.98. The maximum atomic E-state index is 5.68. The Morgan fingerprint density at radius 1 is 0.949 bits per heavy atom. The maximum absolute atomic E-state index is 5.68. The molecule has 0 saturated carbocycles. The molecule has 0 amide bonds. The van der Waals surface area contributed by atoms with Crippen LogP contribution in [0.3, 0.4) is 0 Å². The Morgan fingerprint density at radius 3 is 2.26 bits per heavy atom. The molecule has 0 bridgehead atoms. The summed E-state index contributed by atoms with van der Waals surface area (Å²) in [5.74, 6) is 1.42. The molecule has 0 saturated heterocycles. The third kappa shape index (κ3) is 6.92. The van der Waals surface area contributed by atoms with Crippen LogP contribution in [0.25, 0.3) is 11.2 Å². The van der Waals surface area contributed by atoms with Crippen LogP contribution in [0.5, 0.6) is 0 Å². The van der Waals surface area contributed by atoms with Gasteiger partial charge < -0.3 is 5.32 Å². The van der Waals surface area contributed by atoms with Crippen molar-refractivity contribution >= 4 is 62.0 Å². The van der Waals surface area contributed by atoms with Gasteiger partial charge in [0.15, 0.2) is 27.3 Å². The second-order valence-corrected chi connectivity index (χ2v) is 11.1. The van der Waals surface area contributed by atoms with Crippen molar-refractivity contribution in [3.63, 3.8) is 0 Å². The molecule has 0 fully saturated rings. The largest absolute Gasteiger partial charge is 0.350 e. The number of hydrazine groups is 1. The van der Waals surface area contributed by atoms with Crippen molar-refractivity contribution < 1.29 is 0 Å². The van der Waals surface area contributed by atoms with Crippen molar-refractivity contribution in [3.8, 4) is 0 Å². The summed E-state index contributed by atoms with van der Waals surface area (Å²) >= 11 is 10.8. The second-order valence-electron chi connectivity index (χ2n) is 8.73. The van der Waals surface area contributed by atoms with Gasteiger partial charge in [0, 0.05) is 10.2 Å². The van der Waals surface area contributed by atoms with Gasteiger partial charge in [-0.05, 0) is 47.5 Å². The van der Waals surface area contributed by atoms with Crippen LogP contribution < -0.4 is 16.2 Å². The van der Waals surface area contributed by atoms with Gasteiger partial charge in [-0.25, -0.2) is 14.6 Å². The number of hydrogen-bond acceptors (Lipinski definition) is 7. The minimum atomic E-state index is -0.123. The Hall–Kier alpha value is -3.54. The molecule has 0 unspecified atom stereocenters. The minimum absolute atomic E-state index is 0.123. The van der Waals surface area contributed by atoms with E-state index in [2.05, 4.69) is 73.6 Å². The number of anilines is 1. The number of hydrogen-bond donors (Lipinski definition) is 3. The van der Waals surface area contributed by atoms with Gasteiger partial charge in [-0.3, -0.25) is 10.9 Å². The quantitative estimate of drug-likeness (QED) is 0.0741. The standard InChI is InChI=1S/C28H27BrN8S2/c1-2-17-39-28-31-25(24-26(32-28)37(36-33-24)18-19-13-15-22(29)16-14-19)34-35-27(38)30-23(20-9-5-3-6-10-20)21-11-7-4-8-12-21/h3-16,23H,2,17-18H2,1H3,(H2,30,35,38)(H,31,32,34). The highest BCUT2D eigenvalue weighted by atomic mass is 79.9. The molecule has 5 rings (SSSR count). The first-order valence-corrected chi connectivity index (χ1v) is 14.7. The molecule has 11 heteroatoms. The molecule has 5 aromatic rings. The highest BCUT2D eigenvalue weighted by Gasteiger charge is 2.18. The van der Waals surface area contributed by atoms with Gasteiger partial charge in [-0.15, -0.1) is 5.10 Å². The van der Waals surface area contributed by atoms with E-state index in [0.29, 0.717) is 33.8 Å². The van der Waals surface area contributed by atoms with Crippen molar-refractivity contribution in [1.82, 2.24) is 35.7 Å². The summed E-state index contributed by atoms with van der Waals surface area (Å²) in [5.41, 5.74) is 10.8. The Bertz CT molecular complexity index is 1490. The van der Waals surface area contributed by atoms with Crippen LogP contribution in [0, 0.1) is 0 Å². The van der Waals surface area contributed by atoms with Crippen molar-refractivity contribution in [2.45, 2.75) is 31.1 Å². The third-order valence-corrected chi connectivity index (χ3v) is 7.66. The summed E-state index contributed by atoms with van der Waals surface area (Å²) in [5, 5.41) is 13.3. The molecule has 0 aliphatic carbocycles. The Morgan fingerprint density at radius 2 is 1.62 bits per heavy atom. The van der Waals surface area contributed by atoms with Crippen LogP contribution >= 0.6 is 39.9 Å². The monoisotopic (exact) mass is 618 g/mol. The molecule has 0 aliphatic rings. The van der Waals surface area contributed by atoms with Crippen molar-refractivity contribution in [2.75, 3.05) is 11.2 Å². The van der Waals surface area contributed by atoms with Gasteiger partial charge in [0.05, 0.1) is 12.6 Å². The van der Waals surface area contributed by atoms with E-state index in [-0.39, 0.29) is 6.04 Å². The number of nitrogens with one attached hydrogen (secondary N) is 3. The average molecular weight is 620 g/mol. The Labute approximate surface area is 245 Å². The number of rotatable bonds is 10. The summed E-state index contributed by atoms with van der Waals surface area (Å²) in [4.78, 5) is 9.47. The van der Waals surface area contributed by atoms with E-state index in [1.165, 1.54) is 0 Å². The number of thioether (sulfide) groups is 1. The maximum Gasteiger partial charge on any atom is 0.191 e. The predicted molar refractivity (Wildman–Crippen MR) is 165 cm³/mol. The summed E-state index contributed by atoms with van der Waals surface area (Å²) in [6.07, 6.45) is 1.01. The number of aromatic nitrogens is 5. The summed E-state index contributed by atoms with van der Waals surface area (Å²) < 4.78 is 2.82. The van der Waals surface area contributed by atoms with Crippen molar-refractivity contribution in [2.24, 2.45) is 0 Å². The van der Waals surface area contributed by atoms with Crippen LogP contribution in [0.4, 0.5) is 5.82 Å². The molecule has 39 heavy (non-hydrogen) atoms. The van der Waals surface area contributed by atoms with E-state index < -0.39 is 0 Å². The normalized spacial score (nSPS) is 11.1. The van der Waals surface area contributed by atoms with Crippen molar-refractivity contribution in [1.29, 1.82) is 0 Å². The van der Waals surface area contributed by atoms with E-state index in [9.17, 15) is 0 Å². The number of thiocarbonyl (C=S) groups is 1. The molecule has 3 N–H and O–H groups in total. The van der Waals surface area contributed by atoms with E-state index in [4.69, 9.17) is 22.2 Å². The first-order valence-electron chi connectivity index (χ1n) is 12.5. The topological polar surface area (TPSA) is 92.6 Å².